The number of H-pyrrole nitrogens is 1. The van der Waals surface area contributed by atoms with E-state index in [2.05, 4.69) is 0 Å². The van der Waals surface area contributed by atoms with Gasteiger partial charge in [0, 0.05) is 6.42 Å². The Morgan fingerprint density at radius 2 is 1.94 bits per heavy atom. The number of phosphoric acid groups is 1. The molecule has 0 spiro atoms. The molecule has 1 aromatic carbocycles. The van der Waals surface area contributed by atoms with E-state index in [1.807, 2.05) is 26.1 Å². The number of ether oxygens (including phenoxy) is 2. The third-order valence-corrected chi connectivity index (χ3v) is 6.06. The number of halogens is 1. The molecule has 2 aromatic rings. The third-order valence-electron chi connectivity index (χ3n) is 5.09. The molecule has 1 aliphatic rings. The van der Waals surface area contributed by atoms with Crippen molar-refractivity contribution in [1.82, 2.24) is 9.55 Å². The van der Waals surface area contributed by atoms with E-state index in [-0.39, 0.29) is 18.6 Å². The number of likely N-dealkylation sites (N-methyl/N-ethyl adjacent to an activating group) is 1. The van der Waals surface area contributed by atoms with Gasteiger partial charge in [-0.3, -0.25) is 18.9 Å². The first kappa shape index (κ1) is 26.9. The zero-order valence-electron chi connectivity index (χ0n) is 19.4. The summed E-state index contributed by atoms with van der Waals surface area (Å²) in [4.78, 5) is 50.0. The average Bonchev–Trinajstić information content (AvgIpc) is 3.16. The maximum Gasteiger partial charge on any atom is 0.338 e. The Hall–Kier alpha value is -2.67. The number of hydrogen-bond acceptors (Lipinski definition) is 9. The van der Waals surface area contributed by atoms with Crippen molar-refractivity contribution in [3.05, 3.63) is 68.7 Å². The number of rotatable bonds is 10. The molecule has 14 heteroatoms. The van der Waals surface area contributed by atoms with Crippen LogP contribution >= 0.6 is 7.82 Å². The molecule has 0 bridgehead atoms. The fourth-order valence-corrected chi connectivity index (χ4v) is 3.94. The number of aromatic nitrogens is 2. The number of nitrogens with zero attached hydrogens (tertiary/aromatic N) is 2. The number of nitrogens with one attached hydrogen (secondary N) is 1. The van der Waals surface area contributed by atoms with Crippen molar-refractivity contribution in [3.8, 4) is 0 Å². The molecule has 35 heavy (non-hydrogen) atoms. The largest absolute Gasteiger partial charge is 0.756 e. The highest BCUT2D eigenvalue weighted by molar-refractivity contribution is 7.45. The Morgan fingerprint density at radius 3 is 2.60 bits per heavy atom. The van der Waals surface area contributed by atoms with Gasteiger partial charge in [-0.1, -0.05) is 18.2 Å². The predicted molar refractivity (Wildman–Crippen MR) is 118 cm³/mol. The van der Waals surface area contributed by atoms with Crippen LogP contribution in [0.15, 0.2) is 46.1 Å². The number of hydrogen-bond donors (Lipinski definition) is 1. The van der Waals surface area contributed by atoms with E-state index in [0.29, 0.717) is 17.2 Å². The molecule has 0 radical (unpaired) electrons. The van der Waals surface area contributed by atoms with Gasteiger partial charge in [0.2, 0.25) is 5.82 Å². The molecular weight excluding hydrogens is 488 g/mol. The molecule has 1 N–H and O–H groups in total. The highest BCUT2D eigenvalue weighted by atomic mass is 31.2. The van der Waals surface area contributed by atoms with Crippen molar-refractivity contribution in [3.63, 3.8) is 0 Å². The Labute approximate surface area is 200 Å². The quantitative estimate of drug-likeness (QED) is 0.270. The molecule has 0 amide bonds. The molecule has 0 saturated carbocycles. The fourth-order valence-electron chi connectivity index (χ4n) is 3.23. The maximum absolute atomic E-state index is 13.8. The molecule has 3 rings (SSSR count). The van der Waals surface area contributed by atoms with Crippen molar-refractivity contribution in [2.75, 3.05) is 40.9 Å². The van der Waals surface area contributed by atoms with Gasteiger partial charge >= 0.3 is 11.7 Å². The lowest BCUT2D eigenvalue weighted by molar-refractivity contribution is -0.870. The Morgan fingerprint density at radius 1 is 1.26 bits per heavy atom. The number of esters is 1. The lowest BCUT2D eigenvalue weighted by Gasteiger charge is -2.28. The minimum atomic E-state index is -4.72. The van der Waals surface area contributed by atoms with Gasteiger partial charge in [0.1, 0.15) is 31.6 Å². The minimum Gasteiger partial charge on any atom is -0.756 e. The van der Waals surface area contributed by atoms with Crippen molar-refractivity contribution in [2.24, 2.45) is 0 Å². The van der Waals surface area contributed by atoms with Crippen LogP contribution < -0.4 is 16.1 Å². The lowest BCUT2D eigenvalue weighted by Crippen LogP contribution is -2.37. The highest BCUT2D eigenvalue weighted by Crippen LogP contribution is 2.40. The number of aromatic amines is 1. The average molecular weight is 515 g/mol. The van der Waals surface area contributed by atoms with Crippen LogP contribution in [0.1, 0.15) is 23.0 Å². The summed E-state index contributed by atoms with van der Waals surface area (Å²) in [5.41, 5.74) is -1.91. The third kappa shape index (κ3) is 7.66. The molecule has 192 valence electrons. The standard InChI is InChI=1S/C21H27FN3O9P/c1-25(2,3)9-10-31-35(29,30)32-13-17-16(34-20(27)14-7-5-4-6-8-14)11-18(33-17)24-12-15(22)19(26)23-21(24)28/h4-8,12,16-18H,9-11,13H2,1-3H3,(H-,23,26,28,29,30)/t16-,17+,18+/m0/s1. The Bertz CT molecular complexity index is 1200. The van der Waals surface area contributed by atoms with E-state index < -0.39 is 55.9 Å². The van der Waals surface area contributed by atoms with Crippen molar-refractivity contribution in [1.29, 1.82) is 0 Å². The molecule has 2 heterocycles. The normalized spacial score (nSPS) is 22.0. The molecule has 1 aromatic heterocycles. The van der Waals surface area contributed by atoms with Gasteiger partial charge < -0.3 is 27.9 Å². The van der Waals surface area contributed by atoms with Crippen LogP contribution in [0.5, 0.6) is 0 Å². The van der Waals surface area contributed by atoms with Gasteiger partial charge in [0.25, 0.3) is 13.4 Å². The lowest BCUT2D eigenvalue weighted by atomic mass is 10.1. The second-order valence-corrected chi connectivity index (χ2v) is 10.3. The number of phosphoric ester groups is 1. The first-order valence-corrected chi connectivity index (χ1v) is 12.1. The molecular formula is C21H27FN3O9P. The van der Waals surface area contributed by atoms with E-state index in [9.17, 15) is 28.2 Å². The van der Waals surface area contributed by atoms with Gasteiger partial charge in [0.05, 0.1) is 39.5 Å². The summed E-state index contributed by atoms with van der Waals surface area (Å²) >= 11 is 0. The van der Waals surface area contributed by atoms with E-state index in [1.165, 1.54) is 12.1 Å². The molecule has 4 atom stereocenters. The van der Waals surface area contributed by atoms with E-state index in [4.69, 9.17) is 18.5 Å². The predicted octanol–water partition coefficient (Wildman–Crippen LogP) is 0.397. The summed E-state index contributed by atoms with van der Waals surface area (Å²) in [7, 11) is 0.861. The maximum atomic E-state index is 13.8. The van der Waals surface area contributed by atoms with Crippen LogP contribution in [-0.4, -0.2) is 73.1 Å². The molecule has 1 fully saturated rings. The Balaban J connectivity index is 1.74. The zero-order chi connectivity index (χ0) is 25.8. The molecule has 0 aliphatic carbocycles. The van der Waals surface area contributed by atoms with Gasteiger partial charge in [-0.05, 0) is 12.1 Å². The second-order valence-electron chi connectivity index (χ2n) is 8.91. The second kappa shape index (κ2) is 10.9. The topological polar surface area (TPSA) is 149 Å². The van der Waals surface area contributed by atoms with E-state index >= 15 is 0 Å². The first-order valence-electron chi connectivity index (χ1n) is 10.7. The number of quaternary nitrogens is 1. The van der Waals surface area contributed by atoms with Crippen LogP contribution in [0.25, 0.3) is 0 Å². The molecule has 1 unspecified atom stereocenters. The van der Waals surface area contributed by atoms with Crippen LogP contribution in [0.2, 0.25) is 0 Å². The zero-order valence-corrected chi connectivity index (χ0v) is 20.3. The van der Waals surface area contributed by atoms with Gasteiger partial charge in [0.15, 0.2) is 0 Å². The smallest absolute Gasteiger partial charge is 0.338 e. The van der Waals surface area contributed by atoms with Gasteiger partial charge in [-0.2, -0.15) is 4.39 Å². The summed E-state index contributed by atoms with van der Waals surface area (Å²) in [5, 5.41) is 0. The van der Waals surface area contributed by atoms with Crippen molar-refractivity contribution < 1.29 is 41.6 Å². The van der Waals surface area contributed by atoms with Crippen LogP contribution in [0, 0.1) is 5.82 Å². The summed E-state index contributed by atoms with van der Waals surface area (Å²) < 4.78 is 48.2. The highest BCUT2D eigenvalue weighted by Gasteiger charge is 2.40. The summed E-state index contributed by atoms with van der Waals surface area (Å²) in [6, 6.07) is 8.03. The van der Waals surface area contributed by atoms with Crippen LogP contribution in [0.3, 0.4) is 0 Å². The first-order chi connectivity index (χ1) is 16.3. The van der Waals surface area contributed by atoms with Crippen molar-refractivity contribution in [2.45, 2.75) is 24.9 Å². The van der Waals surface area contributed by atoms with Gasteiger partial charge in [-0.25, -0.2) is 9.59 Å². The summed E-state index contributed by atoms with van der Waals surface area (Å²) in [6.07, 6.45) is -2.83. The van der Waals surface area contributed by atoms with E-state index in [1.54, 1.807) is 18.2 Å². The monoisotopic (exact) mass is 515 g/mol. The summed E-state index contributed by atoms with van der Waals surface area (Å²) in [5.74, 6) is -1.94. The van der Waals surface area contributed by atoms with Crippen molar-refractivity contribution >= 4 is 13.8 Å². The van der Waals surface area contributed by atoms with E-state index in [0.717, 1.165) is 4.57 Å². The number of carbonyl (C=O) groups is 1. The number of carbonyl (C=O) groups excluding carboxylic acids is 1. The summed E-state index contributed by atoms with van der Waals surface area (Å²) in [6.45, 7) is -0.304. The fraction of sp³-hybridized carbons (Fsp3) is 0.476. The molecule has 1 saturated heterocycles. The number of benzene rings is 1. The SMILES string of the molecule is C[N+](C)(C)CCOP(=O)([O-])OC[C@H]1O[C@@H](n2cc(F)c(=O)[nH]c2=O)C[C@@H]1OC(=O)c1ccccc1. The Kier molecular flexibility index (Phi) is 8.42. The van der Waals surface area contributed by atoms with Crippen LogP contribution in [0.4, 0.5) is 4.39 Å². The molecule has 1 aliphatic heterocycles. The van der Waals surface area contributed by atoms with Crippen LogP contribution in [-0.2, 0) is 23.1 Å². The molecule has 12 nitrogen and oxygen atoms in total. The van der Waals surface area contributed by atoms with Gasteiger partial charge in [-0.15, -0.1) is 0 Å². The minimum absolute atomic E-state index is 0.114.